The first-order chi connectivity index (χ1) is 17.0. The first-order valence-electron chi connectivity index (χ1n) is 11.6. The second kappa shape index (κ2) is 17.0. The van der Waals surface area contributed by atoms with Gasteiger partial charge in [0.25, 0.3) is 0 Å². The number of nitrogens with two attached hydrogens (primary N) is 1. The number of piperazine rings is 1. The number of aliphatic carboxylic acids is 1. The Morgan fingerprint density at radius 2 is 1.67 bits per heavy atom. The van der Waals surface area contributed by atoms with Crippen LogP contribution in [0.1, 0.15) is 28.4 Å². The lowest BCUT2D eigenvalue weighted by atomic mass is 10.1. The predicted molar refractivity (Wildman–Crippen MR) is 144 cm³/mol. The van der Waals surface area contributed by atoms with Crippen molar-refractivity contribution >= 4 is 32.0 Å². The van der Waals surface area contributed by atoms with Gasteiger partial charge in [-0.15, -0.1) is 0 Å². The number of anilines is 2. The Kier molecular flexibility index (Phi) is 14.8. The number of carbonyl (C=O) groups is 2. The molecular weight excluding hydrogens is 483 g/mol. The molecule has 1 atom stereocenters. The molecule has 1 fully saturated rings. The van der Waals surface area contributed by atoms with Gasteiger partial charge in [-0.3, -0.25) is 9.69 Å². The van der Waals surface area contributed by atoms with Crippen LogP contribution < -0.4 is 11.1 Å². The van der Waals surface area contributed by atoms with Gasteiger partial charge in [0.2, 0.25) is 0 Å². The minimum atomic E-state index is -1.76. The third-order valence-electron chi connectivity index (χ3n) is 5.53. The van der Waals surface area contributed by atoms with Crippen molar-refractivity contribution in [1.29, 1.82) is 0 Å². The monoisotopic (exact) mass is 522 g/mol. The van der Waals surface area contributed by atoms with Crippen LogP contribution in [0.3, 0.4) is 0 Å². The number of nitrogen functional groups attached to an aromatic ring is 1. The number of aliphatic hydroxyl groups excluding tert-OH is 1. The van der Waals surface area contributed by atoms with Crippen molar-refractivity contribution in [3.05, 3.63) is 59.2 Å². The van der Waals surface area contributed by atoms with Gasteiger partial charge in [-0.1, -0.05) is 30.3 Å². The van der Waals surface area contributed by atoms with Gasteiger partial charge < -0.3 is 36.0 Å². The molecular formula is C25H39N4O6P. The summed E-state index contributed by atoms with van der Waals surface area (Å²) in [4.78, 5) is 42.6. The summed E-state index contributed by atoms with van der Waals surface area (Å²) in [5.74, 6) is -1.19. The lowest BCUT2D eigenvalue weighted by molar-refractivity contribution is -0.145. The molecule has 0 radical (unpaired) electrons. The summed E-state index contributed by atoms with van der Waals surface area (Å²) in [6, 6.07) is 13.6. The average Bonchev–Trinajstić information content (AvgIpc) is 2.86. The minimum absolute atomic E-state index is 0.475. The van der Waals surface area contributed by atoms with E-state index >= 15 is 0 Å². The van der Waals surface area contributed by atoms with Gasteiger partial charge in [0, 0.05) is 69.4 Å². The van der Waals surface area contributed by atoms with Crippen LogP contribution in [0.15, 0.2) is 42.5 Å². The van der Waals surface area contributed by atoms with Gasteiger partial charge >= 0.3 is 5.97 Å². The summed E-state index contributed by atoms with van der Waals surface area (Å²) in [6.07, 6.45) is 0.104. The van der Waals surface area contributed by atoms with E-state index in [9.17, 15) is 9.59 Å². The molecule has 11 heteroatoms. The Morgan fingerprint density at radius 1 is 1.11 bits per heavy atom. The molecule has 2 aromatic rings. The molecule has 1 aliphatic heterocycles. The standard InChI is InChI=1S/C14H21N2O3P.C8H12N2.C3H6O3/c17-12-14-3-1-13(2-4-14)11-16-7-5-15(6-8-16)9-10-20(18)19;1-6-3-4-7(10-2)5-8(6)9;1-2(4)3(5)6/h1-4,12,18-19H,5-11H2;3-5,10H,9H2,1-2H3;2,4H,1H3,(H,5,6). The molecule has 0 amide bonds. The van der Waals surface area contributed by atoms with Crippen molar-refractivity contribution in [3.8, 4) is 0 Å². The van der Waals surface area contributed by atoms with Crippen molar-refractivity contribution in [2.75, 3.05) is 57.0 Å². The number of rotatable bonds is 8. The van der Waals surface area contributed by atoms with Gasteiger partial charge in [0.1, 0.15) is 12.4 Å². The van der Waals surface area contributed by atoms with Crippen molar-refractivity contribution in [2.24, 2.45) is 0 Å². The van der Waals surface area contributed by atoms with Crippen LogP contribution in [0.25, 0.3) is 0 Å². The van der Waals surface area contributed by atoms with Crippen molar-refractivity contribution < 1.29 is 29.6 Å². The van der Waals surface area contributed by atoms with Crippen molar-refractivity contribution in [1.82, 2.24) is 9.80 Å². The van der Waals surface area contributed by atoms with E-state index in [-0.39, 0.29) is 0 Å². The number of aliphatic hydroxyl groups is 1. The third-order valence-corrected chi connectivity index (χ3v) is 6.13. The minimum Gasteiger partial charge on any atom is -0.479 e. The van der Waals surface area contributed by atoms with Crippen molar-refractivity contribution in [3.63, 3.8) is 0 Å². The summed E-state index contributed by atoms with van der Waals surface area (Å²) in [7, 11) is 0.114. The zero-order chi connectivity index (χ0) is 27.1. The third kappa shape index (κ3) is 12.9. The number of carboxylic acid groups (broad SMARTS) is 1. The van der Waals surface area contributed by atoms with Crippen LogP contribution in [0.5, 0.6) is 0 Å². The highest BCUT2D eigenvalue weighted by molar-refractivity contribution is 7.45. The molecule has 0 saturated carbocycles. The predicted octanol–water partition coefficient (Wildman–Crippen LogP) is 1.98. The summed E-state index contributed by atoms with van der Waals surface area (Å²) in [5, 5.41) is 18.8. The number of nitrogens with zero attached hydrogens (tertiary/aromatic N) is 2. The van der Waals surface area contributed by atoms with E-state index in [0.29, 0.717) is 11.7 Å². The van der Waals surface area contributed by atoms with E-state index in [2.05, 4.69) is 15.1 Å². The van der Waals surface area contributed by atoms with Gasteiger partial charge in [0.15, 0.2) is 8.38 Å². The molecule has 1 saturated heterocycles. The zero-order valence-electron chi connectivity index (χ0n) is 21.2. The molecule has 7 N–H and O–H groups in total. The van der Waals surface area contributed by atoms with Gasteiger partial charge in [-0.25, -0.2) is 4.79 Å². The van der Waals surface area contributed by atoms with Crippen LogP contribution in [0.2, 0.25) is 0 Å². The first kappa shape index (κ1) is 31.4. The molecule has 0 aliphatic carbocycles. The Labute approximate surface area is 214 Å². The lowest BCUT2D eigenvalue weighted by Gasteiger charge is -2.34. The summed E-state index contributed by atoms with van der Waals surface area (Å²) < 4.78 is 0. The highest BCUT2D eigenvalue weighted by Crippen LogP contribution is 2.22. The quantitative estimate of drug-likeness (QED) is 0.172. The number of aldehydes is 1. The van der Waals surface area contributed by atoms with Crippen LogP contribution >= 0.6 is 8.38 Å². The number of hydrogen-bond donors (Lipinski definition) is 6. The number of carbonyl (C=O) groups excluding carboxylic acids is 1. The van der Waals surface area contributed by atoms with E-state index in [1.54, 1.807) is 0 Å². The average molecular weight is 523 g/mol. The maximum Gasteiger partial charge on any atom is 0.332 e. The fourth-order valence-corrected chi connectivity index (χ4v) is 3.62. The summed E-state index contributed by atoms with van der Waals surface area (Å²) in [5.41, 5.74) is 10.6. The van der Waals surface area contributed by atoms with E-state index in [0.717, 1.165) is 62.5 Å². The Hall–Kier alpha value is -2.59. The van der Waals surface area contributed by atoms with Crippen LogP contribution in [0.4, 0.5) is 11.4 Å². The Bertz CT molecular complexity index is 919. The van der Waals surface area contributed by atoms with E-state index in [4.69, 9.17) is 25.7 Å². The van der Waals surface area contributed by atoms with E-state index in [1.807, 2.05) is 56.4 Å². The summed E-state index contributed by atoms with van der Waals surface area (Å²) >= 11 is 0. The van der Waals surface area contributed by atoms with Gasteiger partial charge in [-0.2, -0.15) is 0 Å². The Morgan fingerprint density at radius 3 is 2.11 bits per heavy atom. The molecule has 200 valence electrons. The molecule has 1 aliphatic rings. The molecule has 1 heterocycles. The highest BCUT2D eigenvalue weighted by atomic mass is 31.2. The number of hydrogen-bond acceptors (Lipinski definition) is 9. The fraction of sp³-hybridized carbons (Fsp3) is 0.440. The molecule has 1 unspecified atom stereocenters. The maximum absolute atomic E-state index is 10.6. The molecule has 0 spiro atoms. The number of benzene rings is 2. The fourth-order valence-electron chi connectivity index (χ4n) is 3.16. The van der Waals surface area contributed by atoms with Crippen LogP contribution in [-0.4, -0.2) is 94.1 Å². The Balaban J connectivity index is 0.000000335. The number of carboxylic acids is 1. The molecule has 10 nitrogen and oxygen atoms in total. The zero-order valence-corrected chi connectivity index (χ0v) is 22.1. The normalized spacial score (nSPS) is 14.6. The second-order valence-corrected chi connectivity index (χ2v) is 9.60. The van der Waals surface area contributed by atoms with Crippen LogP contribution in [0, 0.1) is 6.92 Å². The molecule has 36 heavy (non-hydrogen) atoms. The highest BCUT2D eigenvalue weighted by Gasteiger charge is 2.17. The SMILES string of the molecule is CC(O)C(=O)O.CNc1ccc(C)c(N)c1.O=Cc1ccc(CN2CCN(CCP(O)O)CC2)cc1. The summed E-state index contributed by atoms with van der Waals surface area (Å²) in [6.45, 7) is 8.77. The van der Waals surface area contributed by atoms with Gasteiger partial charge in [-0.05, 0) is 37.1 Å². The van der Waals surface area contributed by atoms with Gasteiger partial charge in [0.05, 0.1) is 0 Å². The molecule has 0 bridgehead atoms. The maximum atomic E-state index is 10.6. The number of nitrogens with one attached hydrogen (secondary N) is 1. The topological polar surface area (TPSA) is 160 Å². The van der Waals surface area contributed by atoms with E-state index < -0.39 is 20.4 Å². The van der Waals surface area contributed by atoms with Crippen LogP contribution in [-0.2, 0) is 11.3 Å². The second-order valence-electron chi connectivity index (χ2n) is 8.41. The smallest absolute Gasteiger partial charge is 0.332 e. The largest absolute Gasteiger partial charge is 0.479 e. The van der Waals surface area contributed by atoms with E-state index in [1.165, 1.54) is 12.5 Å². The molecule has 0 aromatic heterocycles. The molecule has 2 aromatic carbocycles. The molecule has 3 rings (SSSR count). The number of aryl methyl sites for hydroxylation is 1. The first-order valence-corrected chi connectivity index (χ1v) is 13.1. The lowest BCUT2D eigenvalue weighted by Crippen LogP contribution is -2.46. The van der Waals surface area contributed by atoms with Crippen molar-refractivity contribution in [2.45, 2.75) is 26.5 Å².